The van der Waals surface area contributed by atoms with Crippen molar-refractivity contribution in [2.45, 2.75) is 33.6 Å². The number of carbonyl (C=O) groups excluding carboxylic acids is 2. The molecule has 0 spiro atoms. The molecule has 0 bridgehead atoms. The van der Waals surface area contributed by atoms with Gasteiger partial charge in [-0.25, -0.2) is 9.59 Å². The van der Waals surface area contributed by atoms with E-state index in [4.69, 9.17) is 9.47 Å². The van der Waals surface area contributed by atoms with Crippen LogP contribution in [0.15, 0.2) is 22.8 Å². The van der Waals surface area contributed by atoms with Crippen molar-refractivity contribution >= 4 is 23.7 Å². The Balaban J connectivity index is 5.20. The van der Waals surface area contributed by atoms with Crippen LogP contribution in [0, 0.1) is 0 Å². The number of esters is 2. The number of thioether (sulfide) groups is 1. The first-order valence-corrected chi connectivity index (χ1v) is 8.52. The molecule has 0 rings (SSSR count). The minimum Gasteiger partial charge on any atom is -0.462 e. The Bertz CT molecular complexity index is 416. The number of nitrogens with zero attached hydrogens (tertiary/aromatic N) is 1. The minimum absolute atomic E-state index is 0.309. The summed E-state index contributed by atoms with van der Waals surface area (Å²) in [6, 6.07) is 0. The van der Waals surface area contributed by atoms with Gasteiger partial charge in [0.25, 0.3) is 0 Å². The van der Waals surface area contributed by atoms with E-state index in [2.05, 4.69) is 6.92 Å². The third-order valence-corrected chi connectivity index (χ3v) is 3.70. The molecular weight excluding hydrogens is 302 g/mol. The number of unbranched alkanes of at least 4 members (excludes halogenated alkanes) is 1. The molecule has 5 nitrogen and oxygen atoms in total. The molecule has 0 unspecified atom stereocenters. The summed E-state index contributed by atoms with van der Waals surface area (Å²) in [5.41, 5.74) is 0.389. The Labute approximate surface area is 137 Å². The second kappa shape index (κ2) is 12.1. The Hall–Kier alpha value is -1.43. The SMILES string of the molecule is CCCCSC(=CC=C(C(=O)OCC)N(C)C)C(=O)OCC. The van der Waals surface area contributed by atoms with Gasteiger partial charge in [0.05, 0.1) is 18.1 Å². The van der Waals surface area contributed by atoms with Gasteiger partial charge in [-0.2, -0.15) is 0 Å². The third-order valence-electron chi connectivity index (χ3n) is 2.59. The van der Waals surface area contributed by atoms with Crippen molar-refractivity contribution in [2.24, 2.45) is 0 Å². The normalized spacial score (nSPS) is 12.0. The maximum Gasteiger partial charge on any atom is 0.354 e. The van der Waals surface area contributed by atoms with E-state index in [-0.39, 0.29) is 5.97 Å². The average Bonchev–Trinajstić information content (AvgIpc) is 2.45. The van der Waals surface area contributed by atoms with Gasteiger partial charge in [0.2, 0.25) is 0 Å². The van der Waals surface area contributed by atoms with Gasteiger partial charge in [0.1, 0.15) is 5.70 Å². The molecule has 0 aliphatic rings. The Morgan fingerprint density at radius 3 is 2.09 bits per heavy atom. The molecular formula is C16H27NO4S. The highest BCUT2D eigenvalue weighted by molar-refractivity contribution is 8.03. The lowest BCUT2D eigenvalue weighted by molar-refractivity contribution is -0.140. The molecule has 126 valence electrons. The first-order valence-electron chi connectivity index (χ1n) is 7.54. The zero-order valence-corrected chi connectivity index (χ0v) is 15.0. The average molecular weight is 329 g/mol. The van der Waals surface area contributed by atoms with Crippen LogP contribution < -0.4 is 0 Å². The van der Waals surface area contributed by atoms with Gasteiger partial charge < -0.3 is 14.4 Å². The van der Waals surface area contributed by atoms with Crippen molar-refractivity contribution in [1.29, 1.82) is 0 Å². The molecule has 0 radical (unpaired) electrons. The van der Waals surface area contributed by atoms with Crippen LogP contribution >= 0.6 is 11.8 Å². The number of allylic oxidation sites excluding steroid dienone is 2. The molecule has 0 aromatic rings. The number of likely N-dealkylation sites (N-methyl/N-ethyl adjacent to an activating group) is 1. The highest BCUT2D eigenvalue weighted by Crippen LogP contribution is 2.20. The molecule has 0 saturated carbocycles. The van der Waals surface area contributed by atoms with Crippen molar-refractivity contribution in [3.8, 4) is 0 Å². The summed E-state index contributed by atoms with van der Waals surface area (Å²) in [4.78, 5) is 26.0. The van der Waals surface area contributed by atoms with Gasteiger partial charge in [-0.3, -0.25) is 0 Å². The summed E-state index contributed by atoms with van der Waals surface area (Å²) in [6.45, 7) is 6.26. The smallest absolute Gasteiger partial charge is 0.354 e. The summed E-state index contributed by atoms with van der Waals surface area (Å²) in [5, 5.41) is 0. The fourth-order valence-corrected chi connectivity index (χ4v) is 2.46. The van der Waals surface area contributed by atoms with E-state index in [0.717, 1.165) is 18.6 Å². The zero-order valence-electron chi connectivity index (χ0n) is 14.2. The summed E-state index contributed by atoms with van der Waals surface area (Å²) >= 11 is 1.44. The lowest BCUT2D eigenvalue weighted by Gasteiger charge is -2.15. The second-order valence-electron chi connectivity index (χ2n) is 4.62. The lowest BCUT2D eigenvalue weighted by Crippen LogP contribution is -2.21. The predicted molar refractivity (Wildman–Crippen MR) is 90.5 cm³/mol. The Kier molecular flexibility index (Phi) is 11.4. The van der Waals surface area contributed by atoms with E-state index in [0.29, 0.717) is 23.8 Å². The first-order chi connectivity index (χ1) is 10.5. The number of rotatable bonds is 10. The monoisotopic (exact) mass is 329 g/mol. The number of hydrogen-bond donors (Lipinski definition) is 0. The molecule has 0 amide bonds. The largest absolute Gasteiger partial charge is 0.462 e. The van der Waals surface area contributed by atoms with Crippen LogP contribution in [0.25, 0.3) is 0 Å². The van der Waals surface area contributed by atoms with Gasteiger partial charge in [-0.1, -0.05) is 13.3 Å². The summed E-state index contributed by atoms with van der Waals surface area (Å²) in [6.07, 6.45) is 5.31. The summed E-state index contributed by atoms with van der Waals surface area (Å²) in [5.74, 6) is 0.0680. The maximum atomic E-state index is 11.9. The minimum atomic E-state index is -0.412. The number of carbonyl (C=O) groups is 2. The molecule has 0 aliphatic carbocycles. The van der Waals surface area contributed by atoms with Gasteiger partial charge in [0.15, 0.2) is 0 Å². The third kappa shape index (κ3) is 8.12. The van der Waals surface area contributed by atoms with Crippen molar-refractivity contribution < 1.29 is 19.1 Å². The quantitative estimate of drug-likeness (QED) is 0.266. The van der Waals surface area contributed by atoms with Gasteiger partial charge in [-0.15, -0.1) is 11.8 Å². The van der Waals surface area contributed by atoms with Crippen molar-refractivity contribution in [2.75, 3.05) is 33.1 Å². The highest BCUT2D eigenvalue weighted by atomic mass is 32.2. The molecule has 22 heavy (non-hydrogen) atoms. The molecule has 0 aromatic heterocycles. The van der Waals surface area contributed by atoms with Crippen LogP contribution in [0.4, 0.5) is 0 Å². The van der Waals surface area contributed by atoms with Crippen molar-refractivity contribution in [3.05, 3.63) is 22.8 Å². The summed E-state index contributed by atoms with van der Waals surface area (Å²) in [7, 11) is 3.51. The maximum absolute atomic E-state index is 11.9. The topological polar surface area (TPSA) is 55.8 Å². The Morgan fingerprint density at radius 1 is 1.00 bits per heavy atom. The van der Waals surface area contributed by atoms with E-state index in [9.17, 15) is 9.59 Å². The molecule has 0 atom stereocenters. The van der Waals surface area contributed by atoms with Crippen LogP contribution in [-0.2, 0) is 19.1 Å². The van der Waals surface area contributed by atoms with Gasteiger partial charge in [-0.05, 0) is 38.2 Å². The molecule has 6 heteroatoms. The molecule has 0 aliphatic heterocycles. The van der Waals surface area contributed by atoms with Crippen molar-refractivity contribution in [3.63, 3.8) is 0 Å². The van der Waals surface area contributed by atoms with Crippen LogP contribution in [0.5, 0.6) is 0 Å². The predicted octanol–water partition coefficient (Wildman–Crippen LogP) is 2.98. The molecule has 0 fully saturated rings. The molecule has 0 aromatic carbocycles. The van der Waals surface area contributed by atoms with E-state index in [1.165, 1.54) is 11.8 Å². The standard InChI is InChI=1S/C16H27NO4S/c1-6-9-12-22-14(16(19)21-8-3)11-10-13(17(4)5)15(18)20-7-2/h10-11H,6-9,12H2,1-5H3. The Morgan fingerprint density at radius 2 is 1.59 bits per heavy atom. The number of ether oxygens (including phenoxy) is 2. The fourth-order valence-electron chi connectivity index (χ4n) is 1.46. The summed E-state index contributed by atoms with van der Waals surface area (Å²) < 4.78 is 10.1. The van der Waals surface area contributed by atoms with Crippen molar-refractivity contribution in [1.82, 2.24) is 4.90 Å². The first kappa shape index (κ1) is 20.6. The van der Waals surface area contributed by atoms with Crippen LogP contribution in [-0.4, -0.2) is 49.9 Å². The fraction of sp³-hybridized carbons (Fsp3) is 0.625. The van der Waals surface area contributed by atoms with E-state index >= 15 is 0 Å². The van der Waals surface area contributed by atoms with Crippen LogP contribution in [0.1, 0.15) is 33.6 Å². The lowest BCUT2D eigenvalue weighted by atomic mass is 10.3. The second-order valence-corrected chi connectivity index (χ2v) is 5.76. The van der Waals surface area contributed by atoms with Crippen LogP contribution in [0.2, 0.25) is 0 Å². The van der Waals surface area contributed by atoms with E-state index in [1.807, 2.05) is 0 Å². The van der Waals surface area contributed by atoms with E-state index < -0.39 is 5.97 Å². The van der Waals surface area contributed by atoms with Gasteiger partial charge >= 0.3 is 11.9 Å². The van der Waals surface area contributed by atoms with Gasteiger partial charge in [0, 0.05) is 14.1 Å². The molecule has 0 N–H and O–H groups in total. The molecule has 0 heterocycles. The van der Waals surface area contributed by atoms with Crippen LogP contribution in [0.3, 0.4) is 0 Å². The van der Waals surface area contributed by atoms with E-state index in [1.54, 1.807) is 45.0 Å². The molecule has 0 saturated heterocycles. The number of hydrogen-bond acceptors (Lipinski definition) is 6. The zero-order chi connectivity index (χ0) is 17.0. The highest BCUT2D eigenvalue weighted by Gasteiger charge is 2.14.